The van der Waals surface area contributed by atoms with Crippen LogP contribution in [-0.2, 0) is 6.54 Å². The van der Waals surface area contributed by atoms with Gasteiger partial charge < -0.3 is 14.8 Å². The van der Waals surface area contributed by atoms with E-state index in [-0.39, 0.29) is 12.4 Å². The molecule has 0 aromatic heterocycles. The zero-order valence-corrected chi connectivity index (χ0v) is 16.1. The maximum absolute atomic E-state index is 6.13. The van der Waals surface area contributed by atoms with Crippen LogP contribution in [0.4, 0.5) is 0 Å². The van der Waals surface area contributed by atoms with Crippen molar-refractivity contribution in [2.75, 3.05) is 13.7 Å². The fraction of sp³-hybridized carbons (Fsp3) is 0.647. The highest BCUT2D eigenvalue weighted by molar-refractivity contribution is 9.10. The summed E-state index contributed by atoms with van der Waals surface area (Å²) in [5.74, 6) is 2.31. The van der Waals surface area contributed by atoms with E-state index in [1.807, 2.05) is 0 Å². The molecule has 1 fully saturated rings. The summed E-state index contributed by atoms with van der Waals surface area (Å²) in [5, 5.41) is 3.46. The van der Waals surface area contributed by atoms with Gasteiger partial charge in [0.25, 0.3) is 0 Å². The van der Waals surface area contributed by atoms with Crippen molar-refractivity contribution in [3.8, 4) is 11.5 Å². The van der Waals surface area contributed by atoms with Crippen molar-refractivity contribution < 1.29 is 9.47 Å². The van der Waals surface area contributed by atoms with Gasteiger partial charge in [0.1, 0.15) is 0 Å². The summed E-state index contributed by atoms with van der Waals surface area (Å²) in [7, 11) is 1.70. The Balaban J connectivity index is 0.00000242. The Labute approximate surface area is 148 Å². The Morgan fingerprint density at radius 3 is 2.55 bits per heavy atom. The minimum absolute atomic E-state index is 0. The molecule has 1 saturated carbocycles. The van der Waals surface area contributed by atoms with E-state index < -0.39 is 0 Å². The van der Waals surface area contributed by atoms with E-state index in [4.69, 9.17) is 9.47 Å². The fourth-order valence-corrected chi connectivity index (χ4v) is 3.25. The van der Waals surface area contributed by atoms with Gasteiger partial charge in [-0.1, -0.05) is 13.8 Å². The zero-order valence-electron chi connectivity index (χ0n) is 13.7. The van der Waals surface area contributed by atoms with Gasteiger partial charge in [-0.2, -0.15) is 0 Å². The molecular weight excluding hydrogens is 366 g/mol. The largest absolute Gasteiger partial charge is 0.493 e. The van der Waals surface area contributed by atoms with E-state index >= 15 is 0 Å². The smallest absolute Gasteiger partial charge is 0.175 e. The summed E-state index contributed by atoms with van der Waals surface area (Å²) >= 11 is 3.63. The molecule has 1 N–H and O–H groups in total. The molecule has 1 aromatic rings. The molecule has 1 aliphatic carbocycles. The van der Waals surface area contributed by atoms with Crippen molar-refractivity contribution in [3.63, 3.8) is 0 Å². The summed E-state index contributed by atoms with van der Waals surface area (Å²) in [6, 6.07) is 4.20. The van der Waals surface area contributed by atoms with Gasteiger partial charge in [0.2, 0.25) is 0 Å². The Bertz CT molecular complexity index is 462. The fourth-order valence-electron chi connectivity index (χ4n) is 2.67. The molecular formula is C17H27BrClNO2. The summed E-state index contributed by atoms with van der Waals surface area (Å²) in [4.78, 5) is 0. The first-order valence-electron chi connectivity index (χ1n) is 7.84. The quantitative estimate of drug-likeness (QED) is 0.712. The highest BCUT2D eigenvalue weighted by atomic mass is 79.9. The summed E-state index contributed by atoms with van der Waals surface area (Å²) < 4.78 is 12.6. The Kier molecular flexibility index (Phi) is 8.58. The Morgan fingerprint density at radius 2 is 1.95 bits per heavy atom. The molecule has 0 bridgehead atoms. The molecule has 22 heavy (non-hydrogen) atoms. The van der Waals surface area contributed by atoms with Crippen LogP contribution in [0.1, 0.15) is 45.1 Å². The van der Waals surface area contributed by atoms with Crippen LogP contribution in [0.25, 0.3) is 0 Å². The van der Waals surface area contributed by atoms with E-state index in [0.717, 1.165) is 41.9 Å². The molecule has 5 heteroatoms. The summed E-state index contributed by atoms with van der Waals surface area (Å²) in [6.45, 7) is 6.28. The predicted molar refractivity (Wildman–Crippen MR) is 97.4 cm³/mol. The third-order valence-electron chi connectivity index (χ3n) is 3.76. The number of halogens is 2. The number of nitrogens with one attached hydrogen (secondary N) is 1. The molecule has 0 saturated heterocycles. The molecule has 126 valence electrons. The Morgan fingerprint density at radius 1 is 1.27 bits per heavy atom. The van der Waals surface area contributed by atoms with Crippen LogP contribution in [0.2, 0.25) is 0 Å². The van der Waals surface area contributed by atoms with Gasteiger partial charge in [-0.25, -0.2) is 0 Å². The van der Waals surface area contributed by atoms with Crippen LogP contribution in [-0.4, -0.2) is 19.8 Å². The third-order valence-corrected chi connectivity index (χ3v) is 4.35. The zero-order chi connectivity index (χ0) is 15.2. The second-order valence-corrected chi connectivity index (χ2v) is 7.01. The van der Waals surface area contributed by atoms with Crippen LogP contribution in [0, 0.1) is 5.92 Å². The van der Waals surface area contributed by atoms with Crippen LogP contribution >= 0.6 is 28.3 Å². The molecule has 0 heterocycles. The molecule has 0 radical (unpaired) electrons. The van der Waals surface area contributed by atoms with E-state index in [0.29, 0.717) is 12.0 Å². The van der Waals surface area contributed by atoms with Gasteiger partial charge in [0, 0.05) is 6.54 Å². The lowest BCUT2D eigenvalue weighted by Crippen LogP contribution is -2.19. The van der Waals surface area contributed by atoms with Crippen LogP contribution < -0.4 is 14.8 Å². The SMILES string of the molecule is COc1cc(CNCC(C)C)cc(Br)c1OC1CCCC1.Cl. The number of benzene rings is 1. The summed E-state index contributed by atoms with van der Waals surface area (Å²) in [6.07, 6.45) is 5.16. The lowest BCUT2D eigenvalue weighted by molar-refractivity contribution is 0.199. The number of methoxy groups -OCH3 is 1. The van der Waals surface area contributed by atoms with Crippen LogP contribution in [0.3, 0.4) is 0 Å². The lowest BCUT2D eigenvalue weighted by Gasteiger charge is -2.18. The van der Waals surface area contributed by atoms with Crippen LogP contribution in [0.15, 0.2) is 16.6 Å². The summed E-state index contributed by atoms with van der Waals surface area (Å²) in [5.41, 5.74) is 1.21. The van der Waals surface area contributed by atoms with Crippen molar-refractivity contribution in [1.29, 1.82) is 0 Å². The first-order valence-corrected chi connectivity index (χ1v) is 8.63. The van der Waals surface area contributed by atoms with E-state index in [1.165, 1.54) is 18.4 Å². The molecule has 0 amide bonds. The number of rotatable bonds is 7. The molecule has 1 aromatic carbocycles. The maximum atomic E-state index is 6.13. The second-order valence-electron chi connectivity index (χ2n) is 6.16. The molecule has 1 aliphatic rings. The van der Waals surface area contributed by atoms with Gasteiger partial charge in [0.15, 0.2) is 11.5 Å². The van der Waals surface area contributed by atoms with Crippen molar-refractivity contribution in [1.82, 2.24) is 5.32 Å². The van der Waals surface area contributed by atoms with E-state index in [9.17, 15) is 0 Å². The van der Waals surface area contributed by atoms with Gasteiger partial charge in [-0.05, 0) is 71.8 Å². The topological polar surface area (TPSA) is 30.5 Å². The van der Waals surface area contributed by atoms with Crippen LogP contribution in [0.5, 0.6) is 11.5 Å². The standard InChI is InChI=1S/C17H26BrNO2.ClH/c1-12(2)10-19-11-13-8-15(18)17(16(9-13)20-3)21-14-6-4-5-7-14;/h8-9,12,14,19H,4-7,10-11H2,1-3H3;1H. The molecule has 2 rings (SSSR count). The average Bonchev–Trinajstić information content (AvgIpc) is 2.94. The van der Waals surface area contributed by atoms with Gasteiger partial charge >= 0.3 is 0 Å². The minimum atomic E-state index is 0. The number of ether oxygens (including phenoxy) is 2. The first-order chi connectivity index (χ1) is 10.1. The highest BCUT2D eigenvalue weighted by Crippen LogP contribution is 2.39. The Hall–Kier alpha value is -0.450. The maximum Gasteiger partial charge on any atom is 0.175 e. The van der Waals surface area contributed by atoms with Crippen molar-refractivity contribution >= 4 is 28.3 Å². The van der Waals surface area contributed by atoms with Gasteiger partial charge in [-0.15, -0.1) is 12.4 Å². The van der Waals surface area contributed by atoms with E-state index in [2.05, 4.69) is 47.2 Å². The number of hydrogen-bond acceptors (Lipinski definition) is 3. The average molecular weight is 393 g/mol. The van der Waals surface area contributed by atoms with Crippen molar-refractivity contribution in [2.24, 2.45) is 5.92 Å². The third kappa shape index (κ3) is 5.64. The lowest BCUT2D eigenvalue weighted by atomic mass is 10.1. The van der Waals surface area contributed by atoms with Gasteiger partial charge in [0.05, 0.1) is 17.7 Å². The molecule has 3 nitrogen and oxygen atoms in total. The monoisotopic (exact) mass is 391 g/mol. The number of hydrogen-bond donors (Lipinski definition) is 1. The predicted octanol–water partition coefficient (Wildman–Crippen LogP) is 4.95. The molecule has 0 atom stereocenters. The minimum Gasteiger partial charge on any atom is -0.493 e. The second kappa shape index (κ2) is 9.64. The highest BCUT2D eigenvalue weighted by Gasteiger charge is 2.20. The molecule has 0 spiro atoms. The molecule has 0 aliphatic heterocycles. The first kappa shape index (κ1) is 19.6. The molecule has 0 unspecified atom stereocenters. The normalized spacial score (nSPS) is 15.0. The van der Waals surface area contributed by atoms with E-state index in [1.54, 1.807) is 7.11 Å². The van der Waals surface area contributed by atoms with Gasteiger partial charge in [-0.3, -0.25) is 0 Å². The van der Waals surface area contributed by atoms with Crippen molar-refractivity contribution in [2.45, 2.75) is 52.2 Å². The van der Waals surface area contributed by atoms with Crippen molar-refractivity contribution in [3.05, 3.63) is 22.2 Å².